The van der Waals surface area contributed by atoms with Crippen LogP contribution in [0.5, 0.6) is 5.75 Å². The molecule has 1 fully saturated rings. The van der Waals surface area contributed by atoms with Gasteiger partial charge in [-0.2, -0.15) is 0 Å². The van der Waals surface area contributed by atoms with Gasteiger partial charge in [-0.3, -0.25) is 4.79 Å². The number of hydrogen-bond donors (Lipinski definition) is 1. The van der Waals surface area contributed by atoms with Gasteiger partial charge in [0.1, 0.15) is 5.75 Å². The average Bonchev–Trinajstić information content (AvgIpc) is 3.15. The van der Waals surface area contributed by atoms with Crippen LogP contribution in [0.4, 0.5) is 0 Å². The second-order valence-corrected chi connectivity index (χ2v) is 6.02. The third kappa shape index (κ3) is 2.52. The molecule has 2 N–H and O–H groups in total. The van der Waals surface area contributed by atoms with Crippen LogP contribution in [0.1, 0.15) is 37.3 Å². The van der Waals surface area contributed by atoms with E-state index in [4.69, 9.17) is 10.5 Å². The van der Waals surface area contributed by atoms with Crippen LogP contribution in [-0.4, -0.2) is 17.9 Å². The minimum Gasteiger partial charge on any atom is -0.493 e. The molecule has 0 saturated heterocycles. The van der Waals surface area contributed by atoms with E-state index in [0.717, 1.165) is 38.0 Å². The maximum atomic E-state index is 12.2. The average molecular weight is 259 g/mol. The number of hydrogen-bond acceptors (Lipinski definition) is 3. The molecule has 1 saturated carbocycles. The Morgan fingerprint density at radius 1 is 1.47 bits per heavy atom. The molecule has 1 aliphatic heterocycles. The first-order chi connectivity index (χ1) is 9.07. The van der Waals surface area contributed by atoms with Crippen LogP contribution in [0, 0.1) is 5.92 Å². The van der Waals surface area contributed by atoms with Crippen molar-refractivity contribution in [1.29, 1.82) is 0 Å². The fourth-order valence-electron chi connectivity index (χ4n) is 2.83. The number of rotatable bonds is 5. The first-order valence-electron chi connectivity index (χ1n) is 7.14. The van der Waals surface area contributed by atoms with Gasteiger partial charge in [-0.1, -0.05) is 12.1 Å². The van der Waals surface area contributed by atoms with Gasteiger partial charge in [-0.15, -0.1) is 0 Å². The highest BCUT2D eigenvalue weighted by Gasteiger charge is 2.43. The lowest BCUT2D eigenvalue weighted by Gasteiger charge is -2.22. The smallest absolute Gasteiger partial charge is 0.152 e. The summed E-state index contributed by atoms with van der Waals surface area (Å²) in [6.07, 6.45) is 4.52. The van der Waals surface area contributed by atoms with Crippen molar-refractivity contribution in [3.05, 3.63) is 29.3 Å². The van der Waals surface area contributed by atoms with E-state index in [9.17, 15) is 4.79 Å². The van der Waals surface area contributed by atoms with E-state index in [0.29, 0.717) is 12.3 Å². The van der Waals surface area contributed by atoms with Crippen LogP contribution in [-0.2, 0) is 17.6 Å². The highest BCUT2D eigenvalue weighted by molar-refractivity contribution is 5.88. The summed E-state index contributed by atoms with van der Waals surface area (Å²) in [7, 11) is 0. The Morgan fingerprint density at radius 2 is 2.26 bits per heavy atom. The number of fused-ring (bicyclic) bond motifs is 1. The van der Waals surface area contributed by atoms with Crippen LogP contribution >= 0.6 is 0 Å². The highest BCUT2D eigenvalue weighted by Crippen LogP contribution is 2.39. The second kappa shape index (κ2) is 4.64. The van der Waals surface area contributed by atoms with E-state index in [2.05, 4.69) is 12.1 Å². The molecule has 1 aromatic rings. The summed E-state index contributed by atoms with van der Waals surface area (Å²) < 4.78 is 5.49. The van der Waals surface area contributed by atoms with Crippen LogP contribution < -0.4 is 10.5 Å². The molecule has 1 heterocycles. The van der Waals surface area contributed by atoms with Crippen LogP contribution in [0.15, 0.2) is 18.2 Å². The molecule has 0 bridgehead atoms. The number of aryl methyl sites for hydroxylation is 1. The summed E-state index contributed by atoms with van der Waals surface area (Å²) in [6.45, 7) is 2.67. The predicted molar refractivity (Wildman–Crippen MR) is 74.3 cm³/mol. The fraction of sp³-hybridized carbons (Fsp3) is 0.562. The maximum absolute atomic E-state index is 12.2. The molecule has 3 rings (SSSR count). The van der Waals surface area contributed by atoms with Crippen LogP contribution in [0.3, 0.4) is 0 Å². The number of Topliss-reactive ketones (excluding diaryl/α,β-unsaturated/α-hetero) is 1. The summed E-state index contributed by atoms with van der Waals surface area (Å²) in [6, 6.07) is 6.24. The van der Waals surface area contributed by atoms with Gasteiger partial charge >= 0.3 is 0 Å². The quantitative estimate of drug-likeness (QED) is 0.882. The number of nitrogens with two attached hydrogens (primary N) is 1. The SMILES string of the molecule is CC(N)(C(=O)CCc1ccc2c(c1)CCO2)C1CC1. The molecule has 3 nitrogen and oxygen atoms in total. The largest absolute Gasteiger partial charge is 0.493 e. The molecule has 1 atom stereocenters. The number of ketones is 1. The summed E-state index contributed by atoms with van der Waals surface area (Å²) in [5.74, 6) is 1.61. The number of carbonyl (C=O) groups excluding carboxylic acids is 1. The third-order valence-electron chi connectivity index (χ3n) is 4.42. The van der Waals surface area contributed by atoms with Gasteiger partial charge in [0.05, 0.1) is 12.1 Å². The molecular weight excluding hydrogens is 238 g/mol. The zero-order valence-electron chi connectivity index (χ0n) is 11.4. The standard InChI is InChI=1S/C16H21NO2/c1-16(17,13-4-5-13)15(18)7-3-11-2-6-14-12(10-11)8-9-19-14/h2,6,10,13H,3-5,7-9,17H2,1H3. The van der Waals surface area contributed by atoms with Crippen molar-refractivity contribution in [1.82, 2.24) is 0 Å². The van der Waals surface area contributed by atoms with Gasteiger partial charge in [0.15, 0.2) is 5.78 Å². The van der Waals surface area contributed by atoms with Crippen LogP contribution in [0.2, 0.25) is 0 Å². The number of ether oxygens (including phenoxy) is 1. The van der Waals surface area contributed by atoms with E-state index in [1.807, 2.05) is 13.0 Å². The van der Waals surface area contributed by atoms with Crippen molar-refractivity contribution >= 4 is 5.78 Å². The van der Waals surface area contributed by atoms with E-state index in [1.165, 1.54) is 11.1 Å². The third-order valence-corrected chi connectivity index (χ3v) is 4.42. The van der Waals surface area contributed by atoms with Gasteiger partial charge in [0.25, 0.3) is 0 Å². The number of carbonyl (C=O) groups is 1. The van der Waals surface area contributed by atoms with Crippen molar-refractivity contribution in [2.75, 3.05) is 6.61 Å². The molecule has 2 aliphatic rings. The molecule has 19 heavy (non-hydrogen) atoms. The van der Waals surface area contributed by atoms with Crippen molar-refractivity contribution in [2.45, 2.75) is 44.6 Å². The molecule has 0 aromatic heterocycles. The molecule has 3 heteroatoms. The lowest BCUT2D eigenvalue weighted by molar-refractivity contribution is -0.124. The van der Waals surface area contributed by atoms with Crippen molar-refractivity contribution < 1.29 is 9.53 Å². The molecule has 0 spiro atoms. The summed E-state index contributed by atoms with van der Waals surface area (Å²) in [5.41, 5.74) is 8.02. The van der Waals surface area contributed by atoms with E-state index in [1.54, 1.807) is 0 Å². The molecule has 1 aromatic carbocycles. The number of benzene rings is 1. The Bertz CT molecular complexity index is 503. The van der Waals surface area contributed by atoms with Gasteiger partial charge in [0.2, 0.25) is 0 Å². The Kier molecular flexibility index (Phi) is 3.09. The van der Waals surface area contributed by atoms with Gasteiger partial charge in [-0.05, 0) is 49.3 Å². The monoisotopic (exact) mass is 259 g/mol. The molecule has 0 radical (unpaired) electrons. The minimum absolute atomic E-state index is 0.201. The van der Waals surface area contributed by atoms with Crippen molar-refractivity contribution in [2.24, 2.45) is 11.7 Å². The molecule has 1 unspecified atom stereocenters. The van der Waals surface area contributed by atoms with Gasteiger partial charge in [0, 0.05) is 12.8 Å². The summed E-state index contributed by atoms with van der Waals surface area (Å²) in [4.78, 5) is 12.2. The zero-order valence-corrected chi connectivity index (χ0v) is 11.4. The van der Waals surface area contributed by atoms with Crippen molar-refractivity contribution in [3.8, 4) is 5.75 Å². The Labute approximate surface area is 114 Å². The lowest BCUT2D eigenvalue weighted by atomic mass is 9.88. The summed E-state index contributed by atoms with van der Waals surface area (Å²) >= 11 is 0. The Hall–Kier alpha value is -1.35. The zero-order chi connectivity index (χ0) is 13.5. The van der Waals surface area contributed by atoms with E-state index >= 15 is 0 Å². The highest BCUT2D eigenvalue weighted by atomic mass is 16.5. The first kappa shape index (κ1) is 12.7. The molecular formula is C16H21NO2. The van der Waals surface area contributed by atoms with Crippen molar-refractivity contribution in [3.63, 3.8) is 0 Å². The minimum atomic E-state index is -0.611. The van der Waals surface area contributed by atoms with Gasteiger partial charge in [-0.25, -0.2) is 0 Å². The second-order valence-electron chi connectivity index (χ2n) is 6.02. The fourth-order valence-corrected chi connectivity index (χ4v) is 2.83. The first-order valence-corrected chi connectivity index (χ1v) is 7.14. The normalized spacial score (nSPS) is 20.5. The molecule has 0 amide bonds. The summed E-state index contributed by atoms with van der Waals surface area (Å²) in [5, 5.41) is 0. The maximum Gasteiger partial charge on any atom is 0.152 e. The van der Waals surface area contributed by atoms with E-state index < -0.39 is 5.54 Å². The van der Waals surface area contributed by atoms with Gasteiger partial charge < -0.3 is 10.5 Å². The topological polar surface area (TPSA) is 52.3 Å². The molecule has 1 aliphatic carbocycles. The molecule has 102 valence electrons. The Morgan fingerprint density at radius 3 is 3.00 bits per heavy atom. The Balaban J connectivity index is 1.61. The lowest BCUT2D eigenvalue weighted by Crippen LogP contribution is -2.47. The van der Waals surface area contributed by atoms with Crippen LogP contribution in [0.25, 0.3) is 0 Å². The predicted octanol–water partition coefficient (Wildman–Crippen LogP) is 2.25. The van der Waals surface area contributed by atoms with E-state index in [-0.39, 0.29) is 5.78 Å².